The summed E-state index contributed by atoms with van der Waals surface area (Å²) < 4.78 is 5.37. The smallest absolute Gasteiger partial charge is 0.338 e. The average molecular weight is 371 g/mol. The summed E-state index contributed by atoms with van der Waals surface area (Å²) in [7, 11) is 1.61. The van der Waals surface area contributed by atoms with Crippen molar-refractivity contribution in [3.05, 3.63) is 41.1 Å². The summed E-state index contributed by atoms with van der Waals surface area (Å²) in [6, 6.07) is 6.27. The molecule has 0 saturated heterocycles. The highest BCUT2D eigenvalue weighted by Gasteiger charge is 2.35. The third-order valence-corrected chi connectivity index (χ3v) is 4.78. The maximum atomic E-state index is 12.6. The van der Waals surface area contributed by atoms with Gasteiger partial charge in [-0.15, -0.1) is 0 Å². The Balaban J connectivity index is 1.86. The van der Waals surface area contributed by atoms with E-state index in [9.17, 15) is 14.4 Å². The molecule has 0 radical (unpaired) electrons. The van der Waals surface area contributed by atoms with Crippen LogP contribution in [0, 0.1) is 5.92 Å². The Morgan fingerprint density at radius 1 is 1.22 bits per heavy atom. The first-order chi connectivity index (χ1) is 12.8. The largest absolute Gasteiger partial charge is 0.459 e. The van der Waals surface area contributed by atoms with Crippen LogP contribution in [0.1, 0.15) is 45.2 Å². The Hall–Kier alpha value is -2.83. The van der Waals surface area contributed by atoms with Gasteiger partial charge >= 0.3 is 12.0 Å². The number of nitrogens with zero attached hydrogens (tertiary/aromatic N) is 1. The maximum Gasteiger partial charge on any atom is 0.338 e. The van der Waals surface area contributed by atoms with Crippen LogP contribution in [-0.2, 0) is 14.3 Å². The molecule has 7 nitrogen and oxygen atoms in total. The quantitative estimate of drug-likeness (QED) is 0.779. The molecule has 0 bridgehead atoms. The number of ether oxygens (including phenoxy) is 1. The fourth-order valence-electron chi connectivity index (χ4n) is 2.98. The lowest BCUT2D eigenvalue weighted by molar-refractivity contribution is -0.143. The lowest BCUT2D eigenvalue weighted by atomic mass is 9.95. The Morgan fingerprint density at radius 2 is 1.85 bits per heavy atom. The minimum atomic E-state index is -0.604. The van der Waals surface area contributed by atoms with Crippen molar-refractivity contribution in [1.82, 2.24) is 10.2 Å². The van der Waals surface area contributed by atoms with Crippen LogP contribution < -0.4 is 10.6 Å². The van der Waals surface area contributed by atoms with Crippen molar-refractivity contribution in [3.8, 4) is 0 Å². The third-order valence-electron chi connectivity index (χ3n) is 4.78. The van der Waals surface area contributed by atoms with Crippen molar-refractivity contribution in [1.29, 1.82) is 0 Å². The van der Waals surface area contributed by atoms with E-state index in [4.69, 9.17) is 4.74 Å². The minimum Gasteiger partial charge on any atom is -0.459 e. The zero-order valence-corrected chi connectivity index (χ0v) is 16.0. The van der Waals surface area contributed by atoms with Crippen LogP contribution in [0.4, 0.5) is 10.5 Å². The Morgan fingerprint density at radius 3 is 2.41 bits per heavy atom. The molecule has 7 heteroatoms. The Labute approximate surface area is 158 Å². The van der Waals surface area contributed by atoms with Crippen LogP contribution in [0.3, 0.4) is 0 Å². The molecule has 0 spiro atoms. The van der Waals surface area contributed by atoms with Gasteiger partial charge in [-0.25, -0.2) is 9.59 Å². The van der Waals surface area contributed by atoms with Crippen molar-refractivity contribution in [2.45, 2.75) is 45.8 Å². The molecule has 1 aliphatic carbocycles. The van der Waals surface area contributed by atoms with E-state index in [1.54, 1.807) is 52.1 Å². The second-order valence-electron chi connectivity index (χ2n) is 7.28. The predicted octanol–water partition coefficient (Wildman–Crippen LogP) is 2.96. The van der Waals surface area contributed by atoms with Crippen molar-refractivity contribution < 1.29 is 19.1 Å². The summed E-state index contributed by atoms with van der Waals surface area (Å²) in [6.45, 7) is 5.30. The number of allylic oxidation sites excluding steroid dienone is 1. The molecule has 2 N–H and O–H groups in total. The molecule has 1 aromatic carbocycles. The molecule has 1 atom stereocenters. The summed E-state index contributed by atoms with van der Waals surface area (Å²) in [5.41, 5.74) is 2.40. The molecule has 1 aliphatic heterocycles. The van der Waals surface area contributed by atoms with Gasteiger partial charge in [0.15, 0.2) is 0 Å². The van der Waals surface area contributed by atoms with E-state index in [0.29, 0.717) is 17.0 Å². The van der Waals surface area contributed by atoms with Crippen LogP contribution in [0.25, 0.3) is 0 Å². The fraction of sp³-hybridized carbons (Fsp3) is 0.450. The monoisotopic (exact) mass is 371 g/mol. The molecule has 1 fully saturated rings. The summed E-state index contributed by atoms with van der Waals surface area (Å²) in [5, 5.41) is 5.73. The third kappa shape index (κ3) is 4.13. The highest BCUT2D eigenvalue weighted by molar-refractivity contribution is 5.95. The molecule has 0 aromatic heterocycles. The van der Waals surface area contributed by atoms with Crippen LogP contribution in [-0.4, -0.2) is 36.0 Å². The molecule has 1 unspecified atom stereocenters. The lowest BCUT2D eigenvalue weighted by Gasteiger charge is -2.33. The van der Waals surface area contributed by atoms with Gasteiger partial charge in [0.1, 0.15) is 0 Å². The van der Waals surface area contributed by atoms with Gasteiger partial charge in [-0.05, 0) is 51.3 Å². The first-order valence-electron chi connectivity index (χ1n) is 9.14. The molecule has 2 aliphatic rings. The van der Waals surface area contributed by atoms with E-state index in [2.05, 4.69) is 10.6 Å². The molecule has 1 heterocycles. The SMILES string of the molecule is CC1=C(C(=O)OC(C)C)C(c2ccc(NC(=O)C3CC3)cc2)NC(=O)N1C. The summed E-state index contributed by atoms with van der Waals surface area (Å²) in [6.07, 6.45) is 1.62. The molecule has 1 aromatic rings. The van der Waals surface area contributed by atoms with Gasteiger partial charge < -0.3 is 20.3 Å². The van der Waals surface area contributed by atoms with Gasteiger partial charge in [-0.2, -0.15) is 0 Å². The molecule has 3 rings (SSSR count). The van der Waals surface area contributed by atoms with E-state index in [1.165, 1.54) is 4.90 Å². The van der Waals surface area contributed by atoms with E-state index in [0.717, 1.165) is 18.4 Å². The maximum absolute atomic E-state index is 12.6. The summed E-state index contributed by atoms with van der Waals surface area (Å²) in [4.78, 5) is 38.2. The molecular weight excluding hydrogens is 346 g/mol. The van der Waals surface area contributed by atoms with E-state index < -0.39 is 12.0 Å². The van der Waals surface area contributed by atoms with Gasteiger partial charge in [-0.3, -0.25) is 4.79 Å². The number of benzene rings is 1. The zero-order chi connectivity index (χ0) is 19.7. The first kappa shape index (κ1) is 18.9. The topological polar surface area (TPSA) is 87.7 Å². The van der Waals surface area contributed by atoms with E-state index >= 15 is 0 Å². The van der Waals surface area contributed by atoms with Crippen molar-refractivity contribution >= 4 is 23.6 Å². The van der Waals surface area contributed by atoms with E-state index in [1.807, 2.05) is 0 Å². The highest BCUT2D eigenvalue weighted by Crippen LogP contribution is 2.33. The number of rotatable bonds is 5. The molecular formula is C20H25N3O4. The second-order valence-corrected chi connectivity index (χ2v) is 7.28. The number of carbonyl (C=O) groups is 3. The van der Waals surface area contributed by atoms with Gasteiger partial charge in [0.2, 0.25) is 5.91 Å². The predicted molar refractivity (Wildman–Crippen MR) is 101 cm³/mol. The number of urea groups is 1. The van der Waals surface area contributed by atoms with Gasteiger partial charge in [-0.1, -0.05) is 12.1 Å². The summed E-state index contributed by atoms with van der Waals surface area (Å²) >= 11 is 0. The van der Waals surface area contributed by atoms with Crippen molar-refractivity contribution in [3.63, 3.8) is 0 Å². The first-order valence-corrected chi connectivity index (χ1v) is 9.14. The number of anilines is 1. The lowest BCUT2D eigenvalue weighted by Crippen LogP contribution is -2.46. The Kier molecular flexibility index (Phi) is 5.21. The molecule has 3 amide bonds. The van der Waals surface area contributed by atoms with Crippen LogP contribution in [0.2, 0.25) is 0 Å². The van der Waals surface area contributed by atoms with Crippen LogP contribution >= 0.6 is 0 Å². The number of hydrogen-bond acceptors (Lipinski definition) is 4. The number of nitrogens with one attached hydrogen (secondary N) is 2. The average Bonchev–Trinajstić information content (AvgIpc) is 3.44. The molecule has 1 saturated carbocycles. The number of hydrogen-bond donors (Lipinski definition) is 2. The van der Waals surface area contributed by atoms with Crippen molar-refractivity contribution in [2.24, 2.45) is 5.92 Å². The summed E-state index contributed by atoms with van der Waals surface area (Å²) in [5.74, 6) is -0.293. The Bertz CT molecular complexity index is 794. The van der Waals surface area contributed by atoms with Crippen molar-refractivity contribution in [2.75, 3.05) is 12.4 Å². The molecule has 144 valence electrons. The fourth-order valence-corrected chi connectivity index (χ4v) is 2.98. The standard InChI is InChI=1S/C20H25N3O4/c1-11(2)27-19(25)16-12(3)23(4)20(26)22-17(16)13-7-9-15(10-8-13)21-18(24)14-5-6-14/h7-11,14,17H,5-6H2,1-4H3,(H,21,24)(H,22,26). The number of esters is 1. The minimum absolute atomic E-state index is 0.0345. The molecule has 27 heavy (non-hydrogen) atoms. The van der Waals surface area contributed by atoms with Gasteiger partial charge in [0.05, 0.1) is 17.7 Å². The highest BCUT2D eigenvalue weighted by atomic mass is 16.5. The second kappa shape index (κ2) is 7.42. The van der Waals surface area contributed by atoms with Crippen LogP contribution in [0.5, 0.6) is 0 Å². The van der Waals surface area contributed by atoms with Crippen LogP contribution in [0.15, 0.2) is 35.5 Å². The van der Waals surface area contributed by atoms with Gasteiger partial charge in [0.25, 0.3) is 0 Å². The number of amides is 3. The number of carbonyl (C=O) groups excluding carboxylic acids is 3. The van der Waals surface area contributed by atoms with E-state index in [-0.39, 0.29) is 24.0 Å². The van der Waals surface area contributed by atoms with Gasteiger partial charge in [0, 0.05) is 24.4 Å². The zero-order valence-electron chi connectivity index (χ0n) is 16.0. The normalized spacial score (nSPS) is 19.8.